The number of methoxy groups -OCH3 is 1. The molecule has 0 bridgehead atoms. The SMILES string of the molecule is COc1cccc(C(=O)NCc2ccc(Cl)o2)c1. The Morgan fingerprint density at radius 2 is 2.22 bits per heavy atom. The van der Waals surface area contributed by atoms with Gasteiger partial charge in [0, 0.05) is 5.56 Å². The molecule has 0 aliphatic rings. The molecule has 1 heterocycles. The minimum atomic E-state index is -0.193. The maximum absolute atomic E-state index is 11.9. The van der Waals surface area contributed by atoms with E-state index in [2.05, 4.69) is 5.32 Å². The Morgan fingerprint density at radius 1 is 1.39 bits per heavy atom. The number of amides is 1. The van der Waals surface area contributed by atoms with Gasteiger partial charge in [-0.25, -0.2) is 0 Å². The van der Waals surface area contributed by atoms with Gasteiger partial charge in [-0.3, -0.25) is 4.79 Å². The molecule has 4 nitrogen and oxygen atoms in total. The molecular weight excluding hydrogens is 254 g/mol. The highest BCUT2D eigenvalue weighted by molar-refractivity contribution is 6.28. The molecule has 0 unspecified atom stereocenters. The summed E-state index contributed by atoms with van der Waals surface area (Å²) in [7, 11) is 1.56. The van der Waals surface area contributed by atoms with Crippen LogP contribution in [0.5, 0.6) is 5.75 Å². The van der Waals surface area contributed by atoms with Crippen LogP contribution in [0.2, 0.25) is 5.22 Å². The van der Waals surface area contributed by atoms with Crippen LogP contribution in [0.3, 0.4) is 0 Å². The van der Waals surface area contributed by atoms with Gasteiger partial charge in [0.1, 0.15) is 11.5 Å². The Kier molecular flexibility index (Phi) is 3.89. The van der Waals surface area contributed by atoms with Gasteiger partial charge in [0.2, 0.25) is 0 Å². The molecule has 0 saturated heterocycles. The molecule has 1 amide bonds. The van der Waals surface area contributed by atoms with Crippen molar-refractivity contribution in [3.63, 3.8) is 0 Å². The van der Waals surface area contributed by atoms with E-state index in [0.29, 0.717) is 28.8 Å². The van der Waals surface area contributed by atoms with Crippen molar-refractivity contribution in [3.8, 4) is 5.75 Å². The number of furan rings is 1. The topological polar surface area (TPSA) is 51.5 Å². The third-order valence-electron chi connectivity index (χ3n) is 2.38. The number of rotatable bonds is 4. The van der Waals surface area contributed by atoms with Gasteiger partial charge in [0.15, 0.2) is 5.22 Å². The molecule has 2 rings (SSSR count). The number of benzene rings is 1. The van der Waals surface area contributed by atoms with Gasteiger partial charge in [-0.05, 0) is 41.9 Å². The molecule has 1 aromatic heterocycles. The monoisotopic (exact) mass is 265 g/mol. The lowest BCUT2D eigenvalue weighted by Gasteiger charge is -2.05. The highest BCUT2D eigenvalue weighted by Crippen LogP contribution is 2.14. The smallest absolute Gasteiger partial charge is 0.251 e. The first-order valence-electron chi connectivity index (χ1n) is 5.35. The summed E-state index contributed by atoms with van der Waals surface area (Å²) < 4.78 is 10.2. The Balaban J connectivity index is 1.99. The van der Waals surface area contributed by atoms with Crippen LogP contribution in [0.1, 0.15) is 16.1 Å². The highest BCUT2D eigenvalue weighted by Gasteiger charge is 2.07. The minimum Gasteiger partial charge on any atom is -0.497 e. The summed E-state index contributed by atoms with van der Waals surface area (Å²) >= 11 is 5.64. The van der Waals surface area contributed by atoms with E-state index in [1.54, 1.807) is 43.5 Å². The fourth-order valence-electron chi connectivity index (χ4n) is 1.48. The first-order valence-corrected chi connectivity index (χ1v) is 5.73. The molecule has 18 heavy (non-hydrogen) atoms. The number of halogens is 1. The van der Waals surface area contributed by atoms with Crippen LogP contribution in [0, 0.1) is 0 Å². The summed E-state index contributed by atoms with van der Waals surface area (Å²) in [5, 5.41) is 3.04. The van der Waals surface area contributed by atoms with E-state index >= 15 is 0 Å². The molecule has 0 fully saturated rings. The fourth-order valence-corrected chi connectivity index (χ4v) is 1.64. The van der Waals surface area contributed by atoms with E-state index in [1.807, 2.05) is 0 Å². The molecule has 94 valence electrons. The molecule has 0 aliphatic heterocycles. The van der Waals surface area contributed by atoms with Gasteiger partial charge in [-0.15, -0.1) is 0 Å². The van der Waals surface area contributed by atoms with Gasteiger partial charge < -0.3 is 14.5 Å². The molecule has 0 saturated carbocycles. The largest absolute Gasteiger partial charge is 0.497 e. The molecule has 0 radical (unpaired) electrons. The zero-order valence-electron chi connectivity index (χ0n) is 9.77. The lowest BCUT2D eigenvalue weighted by Crippen LogP contribution is -2.22. The first kappa shape index (κ1) is 12.5. The van der Waals surface area contributed by atoms with Crippen LogP contribution in [-0.4, -0.2) is 13.0 Å². The predicted molar refractivity (Wildman–Crippen MR) is 67.9 cm³/mol. The second kappa shape index (κ2) is 5.60. The molecule has 1 aromatic carbocycles. The Morgan fingerprint density at radius 3 is 2.89 bits per heavy atom. The van der Waals surface area contributed by atoms with Gasteiger partial charge in [0.05, 0.1) is 13.7 Å². The highest BCUT2D eigenvalue weighted by atomic mass is 35.5. The second-order valence-corrected chi connectivity index (χ2v) is 3.99. The zero-order chi connectivity index (χ0) is 13.0. The van der Waals surface area contributed by atoms with E-state index in [-0.39, 0.29) is 5.91 Å². The Labute approximate surface area is 110 Å². The molecule has 1 N–H and O–H groups in total. The summed E-state index contributed by atoms with van der Waals surface area (Å²) in [6.07, 6.45) is 0. The maximum atomic E-state index is 11.9. The first-order chi connectivity index (χ1) is 8.69. The van der Waals surface area contributed by atoms with E-state index in [9.17, 15) is 4.79 Å². The number of hydrogen-bond acceptors (Lipinski definition) is 3. The van der Waals surface area contributed by atoms with Crippen LogP contribution >= 0.6 is 11.6 Å². The van der Waals surface area contributed by atoms with Crippen LogP contribution < -0.4 is 10.1 Å². The van der Waals surface area contributed by atoms with Crippen molar-refractivity contribution in [1.82, 2.24) is 5.32 Å². The van der Waals surface area contributed by atoms with Crippen molar-refractivity contribution < 1.29 is 13.9 Å². The summed E-state index contributed by atoms with van der Waals surface area (Å²) in [6.45, 7) is 0.294. The Hall–Kier alpha value is -1.94. The van der Waals surface area contributed by atoms with Crippen molar-refractivity contribution >= 4 is 17.5 Å². The number of nitrogens with one attached hydrogen (secondary N) is 1. The number of carbonyl (C=O) groups excluding carboxylic acids is 1. The van der Waals surface area contributed by atoms with E-state index in [1.165, 1.54) is 0 Å². The number of ether oxygens (including phenoxy) is 1. The van der Waals surface area contributed by atoms with Crippen molar-refractivity contribution in [1.29, 1.82) is 0 Å². The van der Waals surface area contributed by atoms with E-state index in [4.69, 9.17) is 20.8 Å². The van der Waals surface area contributed by atoms with Crippen molar-refractivity contribution in [2.24, 2.45) is 0 Å². The summed E-state index contributed by atoms with van der Waals surface area (Å²) in [4.78, 5) is 11.9. The van der Waals surface area contributed by atoms with Gasteiger partial charge >= 0.3 is 0 Å². The average Bonchev–Trinajstić information content (AvgIpc) is 2.82. The molecule has 0 aliphatic carbocycles. The van der Waals surface area contributed by atoms with Crippen molar-refractivity contribution in [3.05, 3.63) is 52.9 Å². The van der Waals surface area contributed by atoms with E-state index < -0.39 is 0 Å². The molecular formula is C13H12ClNO3. The van der Waals surface area contributed by atoms with Gasteiger partial charge in [0.25, 0.3) is 5.91 Å². The fraction of sp³-hybridized carbons (Fsp3) is 0.154. The maximum Gasteiger partial charge on any atom is 0.251 e. The van der Waals surface area contributed by atoms with Gasteiger partial charge in [-0.2, -0.15) is 0 Å². The average molecular weight is 266 g/mol. The molecule has 2 aromatic rings. The predicted octanol–water partition coefficient (Wildman–Crippen LogP) is 2.87. The quantitative estimate of drug-likeness (QED) is 0.925. The van der Waals surface area contributed by atoms with E-state index in [0.717, 1.165) is 0 Å². The minimum absolute atomic E-state index is 0.193. The second-order valence-electron chi connectivity index (χ2n) is 3.62. The summed E-state index contributed by atoms with van der Waals surface area (Å²) in [5.41, 5.74) is 0.534. The molecule has 5 heteroatoms. The third-order valence-corrected chi connectivity index (χ3v) is 2.59. The molecule has 0 atom stereocenters. The zero-order valence-corrected chi connectivity index (χ0v) is 10.5. The van der Waals surface area contributed by atoms with Crippen molar-refractivity contribution in [2.45, 2.75) is 6.54 Å². The third kappa shape index (κ3) is 3.05. The summed E-state index contributed by atoms with van der Waals surface area (Å²) in [6, 6.07) is 10.3. The number of carbonyl (C=O) groups is 1. The van der Waals surface area contributed by atoms with Crippen molar-refractivity contribution in [2.75, 3.05) is 7.11 Å². The standard InChI is InChI=1S/C13H12ClNO3/c1-17-10-4-2-3-9(7-10)13(16)15-8-11-5-6-12(14)18-11/h2-7H,8H2,1H3,(H,15,16). The lowest BCUT2D eigenvalue weighted by molar-refractivity contribution is 0.0947. The lowest BCUT2D eigenvalue weighted by atomic mass is 10.2. The Bertz CT molecular complexity index is 551. The summed E-state index contributed by atoms with van der Waals surface area (Å²) in [5.74, 6) is 1.06. The van der Waals surface area contributed by atoms with Crippen LogP contribution in [0.25, 0.3) is 0 Å². The van der Waals surface area contributed by atoms with Crippen LogP contribution in [0.15, 0.2) is 40.8 Å². The van der Waals surface area contributed by atoms with Crippen LogP contribution in [0.4, 0.5) is 0 Å². The van der Waals surface area contributed by atoms with Crippen LogP contribution in [-0.2, 0) is 6.54 Å². The molecule has 0 spiro atoms. The normalized spacial score (nSPS) is 10.1. The number of hydrogen-bond donors (Lipinski definition) is 1. The van der Waals surface area contributed by atoms with Gasteiger partial charge in [-0.1, -0.05) is 6.07 Å².